The number of thiol groups is 1. The molecule has 0 bridgehead atoms. The van der Waals surface area contributed by atoms with Crippen molar-refractivity contribution in [3.63, 3.8) is 0 Å². The molecule has 0 aromatic rings. The molecule has 0 aromatic heterocycles. The van der Waals surface area contributed by atoms with E-state index < -0.39 is 41.8 Å². The highest BCUT2D eigenvalue weighted by atomic mass is 32.1. The highest BCUT2D eigenvalue weighted by molar-refractivity contribution is 7.80. The van der Waals surface area contributed by atoms with E-state index >= 15 is 0 Å². The fraction of sp³-hybridized carbons (Fsp3) is 0.714. The lowest BCUT2D eigenvalue weighted by Gasteiger charge is -2.20. The maximum atomic E-state index is 12.0. The van der Waals surface area contributed by atoms with Crippen molar-refractivity contribution in [2.24, 2.45) is 11.7 Å². The van der Waals surface area contributed by atoms with E-state index in [1.54, 1.807) is 0 Å². The van der Waals surface area contributed by atoms with Crippen molar-refractivity contribution in [2.45, 2.75) is 45.3 Å². The third kappa shape index (κ3) is 8.73. The van der Waals surface area contributed by atoms with Crippen LogP contribution in [0.3, 0.4) is 0 Å². The Bertz CT molecular complexity index is 472. The minimum atomic E-state index is -1.14. The Kier molecular flexibility index (Phi) is 10.0. The Morgan fingerprint density at radius 3 is 2.12 bits per heavy atom. The highest BCUT2D eigenvalue weighted by Gasteiger charge is 2.24. The monoisotopic (exact) mass is 362 g/mol. The van der Waals surface area contributed by atoms with Crippen LogP contribution in [-0.2, 0) is 19.2 Å². The van der Waals surface area contributed by atoms with Crippen molar-refractivity contribution in [1.82, 2.24) is 16.0 Å². The van der Waals surface area contributed by atoms with Gasteiger partial charge in [-0.1, -0.05) is 13.8 Å². The summed E-state index contributed by atoms with van der Waals surface area (Å²) in [6.07, 6.45) is 0.277. The number of rotatable bonds is 10. The van der Waals surface area contributed by atoms with Crippen LogP contribution in [0.5, 0.6) is 0 Å². The third-order valence-corrected chi connectivity index (χ3v) is 3.44. The van der Waals surface area contributed by atoms with Crippen LogP contribution in [0.25, 0.3) is 0 Å². The van der Waals surface area contributed by atoms with Crippen LogP contribution >= 0.6 is 12.6 Å². The average molecular weight is 362 g/mol. The van der Waals surface area contributed by atoms with Crippen molar-refractivity contribution in [2.75, 3.05) is 12.3 Å². The van der Waals surface area contributed by atoms with Gasteiger partial charge in [-0.2, -0.15) is 12.6 Å². The second-order valence-electron chi connectivity index (χ2n) is 5.83. The quantitative estimate of drug-likeness (QED) is 0.260. The van der Waals surface area contributed by atoms with Crippen molar-refractivity contribution in [1.29, 1.82) is 0 Å². The molecule has 138 valence electrons. The maximum absolute atomic E-state index is 12.0. The van der Waals surface area contributed by atoms with Gasteiger partial charge in [0.1, 0.15) is 12.1 Å². The summed E-state index contributed by atoms with van der Waals surface area (Å²) in [5.74, 6) is -2.65. The largest absolute Gasteiger partial charge is 0.480 e. The van der Waals surface area contributed by atoms with Gasteiger partial charge in [-0.15, -0.1) is 0 Å². The molecule has 0 fully saturated rings. The molecule has 0 saturated heterocycles. The molecule has 10 heteroatoms. The topological polar surface area (TPSA) is 151 Å². The summed E-state index contributed by atoms with van der Waals surface area (Å²) in [6.45, 7) is 4.76. The Morgan fingerprint density at radius 2 is 1.67 bits per heavy atom. The van der Waals surface area contributed by atoms with E-state index in [2.05, 4.69) is 28.6 Å². The molecule has 3 amide bonds. The first-order chi connectivity index (χ1) is 11.1. The van der Waals surface area contributed by atoms with E-state index in [1.165, 1.54) is 6.92 Å². The molecule has 0 rings (SSSR count). The van der Waals surface area contributed by atoms with Crippen molar-refractivity contribution >= 4 is 36.3 Å². The van der Waals surface area contributed by atoms with Gasteiger partial charge in [0, 0.05) is 5.75 Å². The summed E-state index contributed by atoms with van der Waals surface area (Å²) in [6, 6.07) is -2.79. The van der Waals surface area contributed by atoms with Crippen LogP contribution in [0.2, 0.25) is 0 Å². The Morgan fingerprint density at radius 1 is 1.08 bits per heavy atom. The first kappa shape index (κ1) is 22.2. The van der Waals surface area contributed by atoms with Gasteiger partial charge >= 0.3 is 5.97 Å². The molecule has 0 aliphatic rings. The average Bonchev–Trinajstić information content (AvgIpc) is 2.50. The van der Waals surface area contributed by atoms with Gasteiger partial charge in [-0.05, 0) is 19.3 Å². The number of carboxylic acids is 1. The first-order valence-corrected chi connectivity index (χ1v) is 8.18. The first-order valence-electron chi connectivity index (χ1n) is 7.55. The van der Waals surface area contributed by atoms with Crippen molar-refractivity contribution < 1.29 is 24.3 Å². The molecule has 0 spiro atoms. The highest BCUT2D eigenvalue weighted by Crippen LogP contribution is 2.05. The summed E-state index contributed by atoms with van der Waals surface area (Å²) in [5.41, 5.74) is 5.44. The fourth-order valence-corrected chi connectivity index (χ4v) is 1.89. The molecule has 24 heavy (non-hydrogen) atoms. The van der Waals surface area contributed by atoms with Gasteiger partial charge in [0.05, 0.1) is 12.6 Å². The lowest BCUT2D eigenvalue weighted by molar-refractivity contribution is -0.142. The van der Waals surface area contributed by atoms with E-state index in [9.17, 15) is 19.2 Å². The van der Waals surface area contributed by atoms with E-state index in [1.807, 2.05) is 13.8 Å². The molecule has 3 atom stereocenters. The minimum Gasteiger partial charge on any atom is -0.480 e. The molecular weight excluding hydrogens is 336 g/mol. The number of hydrogen-bond donors (Lipinski definition) is 6. The molecule has 0 heterocycles. The fourth-order valence-electron chi connectivity index (χ4n) is 1.73. The van der Waals surface area contributed by atoms with Crippen LogP contribution in [0, 0.1) is 5.92 Å². The lowest BCUT2D eigenvalue weighted by Crippen LogP contribution is -2.52. The number of carboxylic acid groups (broad SMARTS) is 1. The zero-order valence-corrected chi connectivity index (χ0v) is 14.9. The number of amides is 3. The SMILES string of the molecule is CC(C)CC(NC(=O)C(C)NC(=O)CNC(=O)C(N)CS)C(=O)O. The standard InChI is InChI=1S/C14H26N4O5S/c1-7(2)4-10(14(22)23)18-12(20)8(3)17-11(19)5-16-13(21)9(15)6-24/h7-10,24H,4-6,15H2,1-3H3,(H,16,21)(H,17,19)(H,18,20)(H,22,23). The molecule has 0 aromatic carbocycles. The van der Waals surface area contributed by atoms with E-state index in [0.29, 0.717) is 0 Å². The van der Waals surface area contributed by atoms with Gasteiger partial charge in [-0.3, -0.25) is 14.4 Å². The second-order valence-corrected chi connectivity index (χ2v) is 6.19. The van der Waals surface area contributed by atoms with E-state index in [-0.39, 0.29) is 24.6 Å². The summed E-state index contributed by atoms with van der Waals surface area (Å²) >= 11 is 3.87. The van der Waals surface area contributed by atoms with Gasteiger partial charge in [0.2, 0.25) is 17.7 Å². The normalized spacial score (nSPS) is 14.4. The number of hydrogen-bond acceptors (Lipinski definition) is 6. The molecule has 6 N–H and O–H groups in total. The van der Waals surface area contributed by atoms with E-state index in [0.717, 1.165) is 0 Å². The molecule has 0 saturated carbocycles. The smallest absolute Gasteiger partial charge is 0.326 e. The van der Waals surface area contributed by atoms with Gasteiger partial charge < -0.3 is 26.8 Å². The Balaban J connectivity index is 4.40. The van der Waals surface area contributed by atoms with Gasteiger partial charge in [-0.25, -0.2) is 4.79 Å². The summed E-state index contributed by atoms with van der Waals surface area (Å²) < 4.78 is 0. The molecule has 0 aliphatic heterocycles. The molecule has 9 nitrogen and oxygen atoms in total. The summed E-state index contributed by atoms with van der Waals surface area (Å²) in [7, 11) is 0. The number of aliphatic carboxylic acids is 1. The van der Waals surface area contributed by atoms with Gasteiger partial charge in [0.15, 0.2) is 0 Å². The predicted octanol–water partition coefficient (Wildman–Crippen LogP) is -1.52. The minimum absolute atomic E-state index is 0.0857. The molecule has 3 unspecified atom stereocenters. The number of nitrogens with two attached hydrogens (primary N) is 1. The number of carbonyl (C=O) groups excluding carboxylic acids is 3. The van der Waals surface area contributed by atoms with Crippen LogP contribution in [0.4, 0.5) is 0 Å². The predicted molar refractivity (Wildman–Crippen MR) is 91.5 cm³/mol. The third-order valence-electron chi connectivity index (χ3n) is 3.05. The summed E-state index contributed by atoms with van der Waals surface area (Å²) in [5, 5.41) is 16.1. The molecular formula is C14H26N4O5S. The maximum Gasteiger partial charge on any atom is 0.326 e. The van der Waals surface area contributed by atoms with Crippen molar-refractivity contribution in [3.8, 4) is 0 Å². The summed E-state index contributed by atoms with van der Waals surface area (Å²) in [4.78, 5) is 46.2. The van der Waals surface area contributed by atoms with Crippen LogP contribution in [0.1, 0.15) is 27.2 Å². The van der Waals surface area contributed by atoms with Crippen molar-refractivity contribution in [3.05, 3.63) is 0 Å². The Labute approximate surface area is 146 Å². The van der Waals surface area contributed by atoms with Crippen LogP contribution < -0.4 is 21.7 Å². The number of nitrogens with one attached hydrogen (secondary N) is 3. The van der Waals surface area contributed by atoms with Crippen LogP contribution in [0.15, 0.2) is 0 Å². The van der Waals surface area contributed by atoms with E-state index in [4.69, 9.17) is 10.8 Å². The van der Waals surface area contributed by atoms with Gasteiger partial charge in [0.25, 0.3) is 0 Å². The number of carbonyl (C=O) groups is 4. The van der Waals surface area contributed by atoms with Crippen LogP contribution in [-0.4, -0.2) is 59.2 Å². The lowest BCUT2D eigenvalue weighted by atomic mass is 10.0. The molecule has 0 radical (unpaired) electrons. The zero-order valence-electron chi connectivity index (χ0n) is 14.0. The molecule has 0 aliphatic carbocycles. The Hall–Kier alpha value is -1.81. The zero-order chi connectivity index (χ0) is 18.9. The second kappa shape index (κ2) is 10.9.